The molecule has 1 aliphatic carbocycles. The number of carboxylic acids is 1. The van der Waals surface area contributed by atoms with E-state index in [1.807, 2.05) is 60.7 Å². The van der Waals surface area contributed by atoms with Crippen molar-refractivity contribution in [1.82, 2.24) is 10.2 Å². The summed E-state index contributed by atoms with van der Waals surface area (Å²) in [6, 6.07) is 18.0. The van der Waals surface area contributed by atoms with Crippen LogP contribution < -0.4 is 10.1 Å². The molecule has 2 fully saturated rings. The number of nitrogens with zero attached hydrogens (tertiary/aromatic N) is 1. The zero-order valence-corrected chi connectivity index (χ0v) is 24.5. The summed E-state index contributed by atoms with van der Waals surface area (Å²) in [4.78, 5) is 29.1. The predicted octanol–water partition coefficient (Wildman–Crippen LogP) is 6.69. The van der Waals surface area contributed by atoms with Crippen LogP contribution in [0, 0.1) is 17.3 Å². The van der Waals surface area contributed by atoms with E-state index < -0.39 is 23.5 Å². The Bertz CT molecular complexity index is 1320. The predicted molar refractivity (Wildman–Crippen MR) is 158 cm³/mol. The number of hydrogen-bond acceptors (Lipinski definition) is 5. The molecule has 5 rings (SSSR count). The molecule has 3 aromatic rings. The number of likely N-dealkylation sites (tertiary alicyclic amines) is 1. The van der Waals surface area contributed by atoms with Crippen molar-refractivity contribution in [2.45, 2.75) is 77.5 Å². The second-order valence-electron chi connectivity index (χ2n) is 12.5. The van der Waals surface area contributed by atoms with E-state index in [9.17, 15) is 14.7 Å². The molecule has 0 unspecified atom stereocenters. The van der Waals surface area contributed by atoms with Crippen LogP contribution >= 0.6 is 0 Å². The van der Waals surface area contributed by atoms with Crippen LogP contribution in [-0.2, 0) is 16.1 Å². The van der Waals surface area contributed by atoms with E-state index in [2.05, 4.69) is 26.1 Å². The molecule has 0 spiro atoms. The Labute approximate surface area is 242 Å². The maximum atomic E-state index is 14.3. The van der Waals surface area contributed by atoms with E-state index in [4.69, 9.17) is 9.15 Å². The monoisotopic (exact) mass is 558 g/mol. The van der Waals surface area contributed by atoms with Gasteiger partial charge >= 0.3 is 5.97 Å². The molecule has 4 atom stereocenters. The number of ether oxygens (including phenoxy) is 1. The fourth-order valence-corrected chi connectivity index (χ4v) is 7.03. The number of rotatable bonds is 8. The summed E-state index contributed by atoms with van der Waals surface area (Å²) in [5.74, 6) is 0.0517. The van der Waals surface area contributed by atoms with E-state index in [0.29, 0.717) is 6.54 Å². The van der Waals surface area contributed by atoms with Gasteiger partial charge in [-0.25, -0.2) is 4.79 Å². The highest BCUT2D eigenvalue weighted by Gasteiger charge is 2.58. The summed E-state index contributed by atoms with van der Waals surface area (Å²) < 4.78 is 11.3. The molecule has 1 saturated carbocycles. The Morgan fingerprint density at radius 3 is 2.37 bits per heavy atom. The second kappa shape index (κ2) is 12.1. The van der Waals surface area contributed by atoms with E-state index in [1.54, 1.807) is 18.3 Å². The maximum absolute atomic E-state index is 14.3. The first kappa shape index (κ1) is 28.9. The number of amides is 1. The lowest BCUT2D eigenvalue weighted by atomic mass is 9.72. The highest BCUT2D eigenvalue weighted by molar-refractivity contribution is 5.87. The van der Waals surface area contributed by atoms with Gasteiger partial charge in [-0.1, -0.05) is 70.4 Å². The average Bonchev–Trinajstić information content (AvgIpc) is 3.63. The van der Waals surface area contributed by atoms with Gasteiger partial charge in [0.05, 0.1) is 19.4 Å². The Balaban J connectivity index is 1.57. The molecule has 218 valence electrons. The SMILES string of the molecule is COc1ccc(-c2ccco2)cc1CN[C@H]1[C@H](C(C)(C)C)[C@@H](C(=O)O)N(C(=O)C2CCCCC2)[C@H]1c1ccccc1. The van der Waals surface area contributed by atoms with Gasteiger partial charge in [0.2, 0.25) is 5.91 Å². The molecule has 7 heteroatoms. The van der Waals surface area contributed by atoms with Gasteiger partial charge in [-0.15, -0.1) is 0 Å². The number of hydrogen-bond donors (Lipinski definition) is 2. The Morgan fingerprint density at radius 2 is 1.76 bits per heavy atom. The van der Waals surface area contributed by atoms with Gasteiger partial charge in [0.15, 0.2) is 0 Å². The third-order valence-electron chi connectivity index (χ3n) is 8.88. The second-order valence-corrected chi connectivity index (χ2v) is 12.5. The number of nitrogens with one attached hydrogen (secondary N) is 1. The van der Waals surface area contributed by atoms with Gasteiger partial charge in [0.25, 0.3) is 0 Å². The van der Waals surface area contributed by atoms with Crippen molar-refractivity contribution in [2.75, 3.05) is 7.11 Å². The third-order valence-corrected chi connectivity index (χ3v) is 8.88. The van der Waals surface area contributed by atoms with Crippen LogP contribution in [0.4, 0.5) is 0 Å². The van der Waals surface area contributed by atoms with Gasteiger partial charge < -0.3 is 24.5 Å². The zero-order chi connectivity index (χ0) is 29.1. The van der Waals surface area contributed by atoms with Crippen LogP contribution in [0.3, 0.4) is 0 Å². The van der Waals surface area contributed by atoms with Crippen LogP contribution in [0.2, 0.25) is 0 Å². The number of carboxylic acid groups (broad SMARTS) is 1. The first-order chi connectivity index (χ1) is 19.7. The molecule has 41 heavy (non-hydrogen) atoms. The molecule has 0 bridgehead atoms. The first-order valence-corrected chi connectivity index (χ1v) is 14.7. The lowest BCUT2D eigenvalue weighted by molar-refractivity contribution is -0.154. The summed E-state index contributed by atoms with van der Waals surface area (Å²) in [5.41, 5.74) is 2.42. The molecular weight excluding hydrogens is 516 g/mol. The molecular formula is C34H42N2O5. The molecule has 1 aromatic heterocycles. The highest BCUT2D eigenvalue weighted by Crippen LogP contribution is 2.49. The lowest BCUT2D eigenvalue weighted by Crippen LogP contribution is -2.49. The van der Waals surface area contributed by atoms with Gasteiger partial charge in [-0.05, 0) is 54.2 Å². The summed E-state index contributed by atoms with van der Waals surface area (Å²) in [7, 11) is 1.65. The Morgan fingerprint density at radius 1 is 1.02 bits per heavy atom. The maximum Gasteiger partial charge on any atom is 0.326 e. The molecule has 2 heterocycles. The normalized spacial score (nSPS) is 23.5. The fraction of sp³-hybridized carbons (Fsp3) is 0.471. The van der Waals surface area contributed by atoms with E-state index in [0.717, 1.165) is 60.3 Å². The van der Waals surface area contributed by atoms with Crippen molar-refractivity contribution in [3.8, 4) is 17.1 Å². The van der Waals surface area contributed by atoms with Crippen LogP contribution in [0.25, 0.3) is 11.3 Å². The number of furan rings is 1. The van der Waals surface area contributed by atoms with Crippen molar-refractivity contribution >= 4 is 11.9 Å². The molecule has 1 saturated heterocycles. The van der Waals surface area contributed by atoms with Crippen molar-refractivity contribution in [2.24, 2.45) is 17.3 Å². The highest BCUT2D eigenvalue weighted by atomic mass is 16.5. The fourth-order valence-electron chi connectivity index (χ4n) is 7.03. The minimum Gasteiger partial charge on any atom is -0.496 e. The molecule has 2 aromatic carbocycles. The lowest BCUT2D eigenvalue weighted by Gasteiger charge is -2.36. The van der Waals surface area contributed by atoms with Crippen molar-refractivity contribution < 1.29 is 23.8 Å². The van der Waals surface area contributed by atoms with E-state index in [-0.39, 0.29) is 23.8 Å². The largest absolute Gasteiger partial charge is 0.496 e. The summed E-state index contributed by atoms with van der Waals surface area (Å²) >= 11 is 0. The van der Waals surface area contributed by atoms with Crippen molar-refractivity contribution in [1.29, 1.82) is 0 Å². The molecule has 2 N–H and O–H groups in total. The third kappa shape index (κ3) is 5.91. The standard InChI is InChI=1S/C34H42N2O5/c1-34(2,3)28-29(35-21-25-20-24(17-18-26(25)40-4)27-16-11-19-41-27)30(22-12-7-5-8-13-22)36(31(28)33(38)39)32(37)23-14-9-6-10-15-23/h5,7-8,11-13,16-20,23,28-31,35H,6,9-10,14-15,21H2,1-4H3,(H,38,39)/t28-,29-,30-,31-/m0/s1. The van der Waals surface area contributed by atoms with Gasteiger partial charge in [0.1, 0.15) is 17.6 Å². The zero-order valence-electron chi connectivity index (χ0n) is 24.5. The minimum atomic E-state index is -0.947. The van der Waals surface area contributed by atoms with Gasteiger partial charge in [-0.2, -0.15) is 0 Å². The molecule has 0 radical (unpaired) electrons. The first-order valence-electron chi connectivity index (χ1n) is 14.7. The van der Waals surface area contributed by atoms with Crippen molar-refractivity contribution in [3.05, 3.63) is 78.1 Å². The van der Waals surface area contributed by atoms with E-state index >= 15 is 0 Å². The summed E-state index contributed by atoms with van der Waals surface area (Å²) in [5, 5.41) is 14.5. The number of benzene rings is 2. The number of methoxy groups -OCH3 is 1. The minimum absolute atomic E-state index is 0.0260. The van der Waals surface area contributed by atoms with Crippen molar-refractivity contribution in [3.63, 3.8) is 0 Å². The van der Waals surface area contributed by atoms with Crippen LogP contribution in [0.15, 0.2) is 71.3 Å². The van der Waals surface area contributed by atoms with Crippen LogP contribution in [-0.4, -0.2) is 41.1 Å². The van der Waals surface area contributed by atoms with Crippen LogP contribution in [0.5, 0.6) is 5.75 Å². The molecule has 1 amide bonds. The Kier molecular flexibility index (Phi) is 8.55. The van der Waals surface area contributed by atoms with Gasteiger partial charge in [-0.3, -0.25) is 4.79 Å². The number of aliphatic carboxylic acids is 1. The smallest absolute Gasteiger partial charge is 0.326 e. The Hall–Kier alpha value is -3.58. The summed E-state index contributed by atoms with van der Waals surface area (Å²) in [6.07, 6.45) is 6.43. The summed E-state index contributed by atoms with van der Waals surface area (Å²) in [6.45, 7) is 6.68. The van der Waals surface area contributed by atoms with Gasteiger partial charge in [0, 0.05) is 35.5 Å². The molecule has 1 aliphatic heterocycles. The number of carbonyl (C=O) groups excluding carboxylic acids is 1. The number of carbonyl (C=O) groups is 2. The molecule has 7 nitrogen and oxygen atoms in total. The topological polar surface area (TPSA) is 92.0 Å². The quantitative estimate of drug-likeness (QED) is 0.320. The van der Waals surface area contributed by atoms with Crippen LogP contribution in [0.1, 0.15) is 70.0 Å². The average molecular weight is 559 g/mol. The van der Waals surface area contributed by atoms with E-state index in [1.165, 1.54) is 0 Å². The molecule has 2 aliphatic rings.